The average Bonchev–Trinajstić information content (AvgIpc) is 2.38. The molecule has 104 valence electrons. The SMILES string of the molecule is CCc1cccc(CC)c1NC(=O)NOCC(=O)O. The standard InChI is InChI=1S/C13H18N2O4/c1-3-9-6-5-7-10(4-2)12(9)14-13(18)15-19-8-11(16)17/h5-7H,3-4,8H2,1-2H3,(H,16,17)(H2,14,15,18). The van der Waals surface area contributed by atoms with Crippen LogP contribution in [0, 0.1) is 0 Å². The molecule has 0 fully saturated rings. The van der Waals surface area contributed by atoms with Gasteiger partial charge in [0.15, 0.2) is 6.61 Å². The van der Waals surface area contributed by atoms with E-state index < -0.39 is 18.6 Å². The number of anilines is 1. The number of benzene rings is 1. The highest BCUT2D eigenvalue weighted by molar-refractivity contribution is 5.90. The number of carbonyl (C=O) groups is 2. The number of hydroxylamine groups is 1. The largest absolute Gasteiger partial charge is 0.479 e. The molecule has 6 heteroatoms. The van der Waals surface area contributed by atoms with Crippen molar-refractivity contribution in [1.29, 1.82) is 0 Å². The molecule has 0 aliphatic rings. The molecule has 1 rings (SSSR count). The van der Waals surface area contributed by atoms with E-state index in [-0.39, 0.29) is 0 Å². The summed E-state index contributed by atoms with van der Waals surface area (Å²) in [5.41, 5.74) is 4.83. The van der Waals surface area contributed by atoms with Crippen LogP contribution < -0.4 is 10.8 Å². The maximum absolute atomic E-state index is 11.6. The van der Waals surface area contributed by atoms with E-state index in [9.17, 15) is 9.59 Å². The van der Waals surface area contributed by atoms with E-state index in [1.807, 2.05) is 37.5 Å². The molecule has 0 aliphatic carbocycles. The Balaban J connectivity index is 2.69. The number of carboxylic acids is 1. The molecule has 1 aromatic rings. The monoisotopic (exact) mass is 266 g/mol. The van der Waals surface area contributed by atoms with Gasteiger partial charge in [-0.25, -0.2) is 15.1 Å². The Morgan fingerprint density at radius 3 is 2.26 bits per heavy atom. The lowest BCUT2D eigenvalue weighted by Crippen LogP contribution is -2.31. The Labute approximate surface area is 111 Å². The molecule has 2 amide bonds. The number of rotatable bonds is 6. The van der Waals surface area contributed by atoms with E-state index in [1.165, 1.54) is 0 Å². The lowest BCUT2D eigenvalue weighted by atomic mass is 10.0. The van der Waals surface area contributed by atoms with Crippen LogP contribution in [-0.2, 0) is 22.5 Å². The summed E-state index contributed by atoms with van der Waals surface area (Å²) in [4.78, 5) is 26.3. The zero-order chi connectivity index (χ0) is 14.3. The summed E-state index contributed by atoms with van der Waals surface area (Å²) in [6.45, 7) is 3.42. The van der Waals surface area contributed by atoms with Crippen molar-refractivity contribution in [3.05, 3.63) is 29.3 Å². The van der Waals surface area contributed by atoms with Gasteiger partial charge in [0.05, 0.1) is 0 Å². The van der Waals surface area contributed by atoms with Gasteiger partial charge in [0.1, 0.15) is 0 Å². The predicted octanol–water partition coefficient (Wildman–Crippen LogP) is 1.95. The molecule has 0 heterocycles. The van der Waals surface area contributed by atoms with E-state index in [4.69, 9.17) is 5.11 Å². The lowest BCUT2D eigenvalue weighted by molar-refractivity contribution is -0.143. The summed E-state index contributed by atoms with van der Waals surface area (Å²) in [6, 6.07) is 5.23. The van der Waals surface area contributed by atoms with Gasteiger partial charge in [0.25, 0.3) is 0 Å². The highest BCUT2D eigenvalue weighted by Crippen LogP contribution is 2.22. The van der Waals surface area contributed by atoms with Crippen molar-refractivity contribution < 1.29 is 19.5 Å². The van der Waals surface area contributed by atoms with Crippen molar-refractivity contribution in [3.8, 4) is 0 Å². The van der Waals surface area contributed by atoms with Crippen molar-refractivity contribution in [1.82, 2.24) is 5.48 Å². The molecule has 19 heavy (non-hydrogen) atoms. The van der Waals surface area contributed by atoms with Crippen LogP contribution in [0.5, 0.6) is 0 Å². The molecule has 0 atom stereocenters. The minimum Gasteiger partial charge on any atom is -0.479 e. The third-order valence-electron chi connectivity index (χ3n) is 2.60. The second-order valence-corrected chi connectivity index (χ2v) is 3.90. The van der Waals surface area contributed by atoms with E-state index in [1.54, 1.807) is 0 Å². The van der Waals surface area contributed by atoms with Gasteiger partial charge in [-0.2, -0.15) is 0 Å². The first-order valence-electron chi connectivity index (χ1n) is 6.09. The van der Waals surface area contributed by atoms with Crippen molar-refractivity contribution in [2.45, 2.75) is 26.7 Å². The van der Waals surface area contributed by atoms with Crippen LogP contribution in [0.2, 0.25) is 0 Å². The quantitative estimate of drug-likeness (QED) is 0.687. The zero-order valence-electron chi connectivity index (χ0n) is 11.0. The van der Waals surface area contributed by atoms with Crippen molar-refractivity contribution in [2.75, 3.05) is 11.9 Å². The van der Waals surface area contributed by atoms with Gasteiger partial charge < -0.3 is 10.4 Å². The fraction of sp³-hybridized carbons (Fsp3) is 0.385. The Kier molecular flexibility index (Phi) is 5.81. The van der Waals surface area contributed by atoms with E-state index in [2.05, 4.69) is 10.2 Å². The molecule has 0 aromatic heterocycles. The molecule has 6 nitrogen and oxygen atoms in total. The Morgan fingerprint density at radius 1 is 1.21 bits per heavy atom. The van der Waals surface area contributed by atoms with Gasteiger partial charge in [-0.05, 0) is 24.0 Å². The van der Waals surface area contributed by atoms with E-state index in [0.29, 0.717) is 0 Å². The maximum Gasteiger partial charge on any atom is 0.343 e. The topological polar surface area (TPSA) is 87.7 Å². The van der Waals surface area contributed by atoms with Crippen LogP contribution in [0.15, 0.2) is 18.2 Å². The van der Waals surface area contributed by atoms with Gasteiger partial charge in [0.2, 0.25) is 0 Å². The maximum atomic E-state index is 11.6. The second-order valence-electron chi connectivity index (χ2n) is 3.90. The highest BCUT2D eigenvalue weighted by atomic mass is 16.7. The molecule has 0 unspecified atom stereocenters. The van der Waals surface area contributed by atoms with Gasteiger partial charge in [-0.1, -0.05) is 32.0 Å². The summed E-state index contributed by atoms with van der Waals surface area (Å²) in [5.74, 6) is -1.15. The second kappa shape index (κ2) is 7.38. The summed E-state index contributed by atoms with van der Waals surface area (Å²) in [5, 5.41) is 11.1. The Morgan fingerprint density at radius 2 is 1.79 bits per heavy atom. The highest BCUT2D eigenvalue weighted by Gasteiger charge is 2.10. The van der Waals surface area contributed by atoms with Crippen LogP contribution in [0.3, 0.4) is 0 Å². The fourth-order valence-electron chi connectivity index (χ4n) is 1.71. The van der Waals surface area contributed by atoms with Crippen molar-refractivity contribution in [2.24, 2.45) is 0 Å². The number of carbonyl (C=O) groups excluding carboxylic acids is 1. The number of para-hydroxylation sites is 1. The molecule has 0 aliphatic heterocycles. The fourth-order valence-corrected chi connectivity index (χ4v) is 1.71. The predicted molar refractivity (Wildman–Crippen MR) is 70.9 cm³/mol. The van der Waals surface area contributed by atoms with E-state index in [0.717, 1.165) is 29.7 Å². The van der Waals surface area contributed by atoms with Crippen LogP contribution in [-0.4, -0.2) is 23.7 Å². The first-order chi connectivity index (χ1) is 9.08. The third-order valence-corrected chi connectivity index (χ3v) is 2.60. The number of aryl methyl sites for hydroxylation is 2. The first kappa shape index (κ1) is 15.0. The average molecular weight is 266 g/mol. The van der Waals surface area contributed by atoms with Crippen LogP contribution in [0.4, 0.5) is 10.5 Å². The smallest absolute Gasteiger partial charge is 0.343 e. The summed E-state index contributed by atoms with van der Waals surface area (Å²) in [6.07, 6.45) is 1.58. The molecule has 0 saturated heterocycles. The molecule has 3 N–H and O–H groups in total. The molecule has 0 bridgehead atoms. The van der Waals surface area contributed by atoms with Crippen molar-refractivity contribution >= 4 is 17.7 Å². The molecule has 0 spiro atoms. The Bertz CT molecular complexity index is 438. The minimum atomic E-state index is -1.15. The Hall–Kier alpha value is -2.08. The first-order valence-corrected chi connectivity index (χ1v) is 6.09. The summed E-state index contributed by atoms with van der Waals surface area (Å²) >= 11 is 0. The van der Waals surface area contributed by atoms with Crippen molar-refractivity contribution in [3.63, 3.8) is 0 Å². The normalized spacial score (nSPS) is 10.0. The number of hydrogen-bond acceptors (Lipinski definition) is 3. The lowest BCUT2D eigenvalue weighted by Gasteiger charge is -2.14. The zero-order valence-corrected chi connectivity index (χ0v) is 11.0. The summed E-state index contributed by atoms with van der Waals surface area (Å²) in [7, 11) is 0. The number of carboxylic acid groups (broad SMARTS) is 1. The molecule has 0 radical (unpaired) electrons. The van der Waals surface area contributed by atoms with Crippen LogP contribution in [0.1, 0.15) is 25.0 Å². The van der Waals surface area contributed by atoms with E-state index >= 15 is 0 Å². The van der Waals surface area contributed by atoms with Gasteiger partial charge in [-0.3, -0.25) is 4.84 Å². The number of nitrogens with one attached hydrogen (secondary N) is 2. The molecular weight excluding hydrogens is 248 g/mol. The minimum absolute atomic E-state index is 0.580. The number of aliphatic carboxylic acids is 1. The molecule has 1 aromatic carbocycles. The molecule has 0 saturated carbocycles. The number of hydrogen-bond donors (Lipinski definition) is 3. The van der Waals surface area contributed by atoms with Crippen LogP contribution in [0.25, 0.3) is 0 Å². The summed E-state index contributed by atoms with van der Waals surface area (Å²) < 4.78 is 0. The van der Waals surface area contributed by atoms with Gasteiger partial charge in [-0.15, -0.1) is 0 Å². The third kappa shape index (κ3) is 4.59. The molecular formula is C13H18N2O4. The number of urea groups is 1. The van der Waals surface area contributed by atoms with Gasteiger partial charge >= 0.3 is 12.0 Å². The number of amides is 2. The van der Waals surface area contributed by atoms with Crippen LogP contribution >= 0.6 is 0 Å². The van der Waals surface area contributed by atoms with Gasteiger partial charge in [0, 0.05) is 5.69 Å².